The molecule has 2 aromatic carbocycles. The normalized spacial score (nSPS) is 14.3. The smallest absolute Gasteiger partial charge is 0.215 e. The van der Waals surface area contributed by atoms with Crippen molar-refractivity contribution in [1.82, 2.24) is 4.72 Å². The highest BCUT2D eigenvalue weighted by atomic mass is 32.2. The van der Waals surface area contributed by atoms with E-state index in [9.17, 15) is 13.5 Å². The molecule has 1 atom stereocenters. The molecule has 2 N–H and O–H groups in total. The van der Waals surface area contributed by atoms with Gasteiger partial charge in [0.2, 0.25) is 10.0 Å². The molecule has 130 valence electrons. The predicted octanol–water partition coefficient (Wildman–Crippen LogP) is 2.80. The van der Waals surface area contributed by atoms with Gasteiger partial charge < -0.3 is 5.11 Å². The second-order valence-electron chi connectivity index (χ2n) is 6.55. The van der Waals surface area contributed by atoms with E-state index in [0.717, 1.165) is 16.7 Å². The molecule has 0 heterocycles. The van der Waals surface area contributed by atoms with Gasteiger partial charge in [0.25, 0.3) is 0 Å². The highest BCUT2D eigenvalue weighted by molar-refractivity contribution is 7.88. The van der Waals surface area contributed by atoms with Crippen molar-refractivity contribution >= 4 is 10.0 Å². The van der Waals surface area contributed by atoms with Gasteiger partial charge in [0.1, 0.15) is 0 Å². The summed E-state index contributed by atoms with van der Waals surface area (Å²) in [6, 6.07) is 17.3. The van der Waals surface area contributed by atoms with Gasteiger partial charge in [0.15, 0.2) is 0 Å². The van der Waals surface area contributed by atoms with Gasteiger partial charge in [0, 0.05) is 6.54 Å². The lowest BCUT2D eigenvalue weighted by Gasteiger charge is -2.23. The molecule has 2 aromatic rings. The molecule has 0 aliphatic rings. The Kier molecular flexibility index (Phi) is 6.15. The van der Waals surface area contributed by atoms with E-state index in [0.29, 0.717) is 12.8 Å². The van der Waals surface area contributed by atoms with Crippen LogP contribution in [0.1, 0.15) is 30.0 Å². The minimum absolute atomic E-state index is 0.00792. The Morgan fingerprint density at radius 2 is 1.71 bits per heavy atom. The quantitative estimate of drug-likeness (QED) is 0.772. The third-order valence-electron chi connectivity index (χ3n) is 3.91. The molecule has 1 unspecified atom stereocenters. The van der Waals surface area contributed by atoms with Crippen molar-refractivity contribution in [2.24, 2.45) is 0 Å². The first-order chi connectivity index (χ1) is 11.3. The van der Waals surface area contributed by atoms with Gasteiger partial charge in [-0.25, -0.2) is 13.1 Å². The first kappa shape index (κ1) is 18.6. The lowest BCUT2D eigenvalue weighted by atomic mass is 9.97. The summed E-state index contributed by atoms with van der Waals surface area (Å²) in [5, 5.41) is 10.4. The Balaban J connectivity index is 1.87. The standard InChI is InChI=1S/C19H25NO3S/c1-16-7-6-10-18(13-16)14-24(22,23)20-15-19(2,21)12-11-17-8-4-3-5-9-17/h3-10,13,20-21H,11-12,14-15H2,1-2H3. The number of aliphatic hydroxyl groups is 1. The second kappa shape index (κ2) is 7.92. The van der Waals surface area contributed by atoms with Crippen molar-refractivity contribution < 1.29 is 13.5 Å². The first-order valence-electron chi connectivity index (χ1n) is 8.05. The largest absolute Gasteiger partial charge is 0.389 e. The van der Waals surface area contributed by atoms with Crippen LogP contribution in [0.2, 0.25) is 0 Å². The zero-order valence-corrected chi connectivity index (χ0v) is 15.0. The molecule has 0 aliphatic heterocycles. The Morgan fingerprint density at radius 3 is 2.38 bits per heavy atom. The molecule has 24 heavy (non-hydrogen) atoms. The van der Waals surface area contributed by atoms with Crippen LogP contribution in [0.25, 0.3) is 0 Å². The summed E-state index contributed by atoms with van der Waals surface area (Å²) in [5.74, 6) is -0.0799. The van der Waals surface area contributed by atoms with Gasteiger partial charge in [-0.3, -0.25) is 0 Å². The van der Waals surface area contributed by atoms with Crippen molar-refractivity contribution in [1.29, 1.82) is 0 Å². The number of sulfonamides is 1. The van der Waals surface area contributed by atoms with E-state index in [1.165, 1.54) is 0 Å². The van der Waals surface area contributed by atoms with Gasteiger partial charge in [-0.1, -0.05) is 60.2 Å². The van der Waals surface area contributed by atoms with Gasteiger partial charge in [-0.15, -0.1) is 0 Å². The maximum atomic E-state index is 12.2. The molecule has 0 amide bonds. The molecule has 2 rings (SSSR count). The number of hydrogen-bond acceptors (Lipinski definition) is 3. The van der Waals surface area contributed by atoms with E-state index in [1.807, 2.05) is 55.5 Å². The molecule has 0 saturated heterocycles. The number of nitrogens with one attached hydrogen (secondary N) is 1. The molecule has 0 spiro atoms. The average Bonchev–Trinajstić information content (AvgIpc) is 2.52. The minimum Gasteiger partial charge on any atom is -0.389 e. The number of benzene rings is 2. The first-order valence-corrected chi connectivity index (χ1v) is 9.70. The van der Waals surface area contributed by atoms with E-state index >= 15 is 0 Å². The minimum atomic E-state index is -3.48. The summed E-state index contributed by atoms with van der Waals surface area (Å²) in [6.07, 6.45) is 1.19. The Labute approximate surface area is 144 Å². The number of rotatable bonds is 8. The average molecular weight is 347 g/mol. The van der Waals surface area contributed by atoms with E-state index < -0.39 is 15.6 Å². The third kappa shape index (κ3) is 6.43. The summed E-state index contributed by atoms with van der Waals surface area (Å²) in [7, 11) is -3.48. The molecular weight excluding hydrogens is 322 g/mol. The second-order valence-corrected chi connectivity index (χ2v) is 8.36. The van der Waals surface area contributed by atoms with Crippen LogP contribution in [0.4, 0.5) is 0 Å². The van der Waals surface area contributed by atoms with Crippen LogP contribution < -0.4 is 4.72 Å². The van der Waals surface area contributed by atoms with E-state index in [1.54, 1.807) is 13.0 Å². The maximum absolute atomic E-state index is 12.2. The van der Waals surface area contributed by atoms with Crippen LogP contribution in [0, 0.1) is 6.92 Å². The summed E-state index contributed by atoms with van der Waals surface area (Å²) in [5.41, 5.74) is 1.81. The lowest BCUT2D eigenvalue weighted by Crippen LogP contribution is -2.41. The maximum Gasteiger partial charge on any atom is 0.215 e. The number of hydrogen-bond donors (Lipinski definition) is 2. The molecule has 0 aromatic heterocycles. The van der Waals surface area contributed by atoms with Gasteiger partial charge >= 0.3 is 0 Å². The molecule has 4 nitrogen and oxygen atoms in total. The van der Waals surface area contributed by atoms with Crippen LogP contribution in [-0.4, -0.2) is 25.7 Å². The molecule has 5 heteroatoms. The highest BCUT2D eigenvalue weighted by Gasteiger charge is 2.23. The SMILES string of the molecule is Cc1cccc(CS(=O)(=O)NCC(C)(O)CCc2ccccc2)c1. The zero-order valence-electron chi connectivity index (χ0n) is 14.2. The Hall–Kier alpha value is -1.69. The van der Waals surface area contributed by atoms with Gasteiger partial charge in [-0.2, -0.15) is 0 Å². The molecule has 0 fully saturated rings. The fraction of sp³-hybridized carbons (Fsp3) is 0.368. The summed E-state index contributed by atoms with van der Waals surface area (Å²) in [6.45, 7) is 3.59. The van der Waals surface area contributed by atoms with Crippen LogP contribution in [0.3, 0.4) is 0 Å². The van der Waals surface area contributed by atoms with E-state index in [4.69, 9.17) is 0 Å². The fourth-order valence-electron chi connectivity index (χ4n) is 2.48. The lowest BCUT2D eigenvalue weighted by molar-refractivity contribution is 0.0565. The molecule has 0 bridgehead atoms. The summed E-state index contributed by atoms with van der Waals surface area (Å²) >= 11 is 0. The zero-order chi connectivity index (χ0) is 17.6. The van der Waals surface area contributed by atoms with Crippen LogP contribution in [0.15, 0.2) is 54.6 Å². The third-order valence-corrected chi connectivity index (χ3v) is 5.20. The van der Waals surface area contributed by atoms with Crippen molar-refractivity contribution in [3.8, 4) is 0 Å². The van der Waals surface area contributed by atoms with Gasteiger partial charge in [-0.05, 0) is 37.8 Å². The summed E-state index contributed by atoms with van der Waals surface area (Å²) in [4.78, 5) is 0. The number of aryl methyl sites for hydroxylation is 2. The highest BCUT2D eigenvalue weighted by Crippen LogP contribution is 2.14. The molecule has 0 aliphatic carbocycles. The van der Waals surface area contributed by atoms with Gasteiger partial charge in [0.05, 0.1) is 11.4 Å². The van der Waals surface area contributed by atoms with E-state index in [-0.39, 0.29) is 12.3 Å². The topological polar surface area (TPSA) is 66.4 Å². The molecule has 0 saturated carbocycles. The monoisotopic (exact) mass is 347 g/mol. The van der Waals surface area contributed by atoms with Crippen molar-refractivity contribution in [2.75, 3.05) is 6.54 Å². The van der Waals surface area contributed by atoms with E-state index in [2.05, 4.69) is 4.72 Å². The Bertz CT molecular complexity index is 755. The predicted molar refractivity (Wildman–Crippen MR) is 97.2 cm³/mol. The van der Waals surface area contributed by atoms with Crippen LogP contribution in [-0.2, 0) is 22.2 Å². The Morgan fingerprint density at radius 1 is 1.04 bits per heavy atom. The van der Waals surface area contributed by atoms with Crippen LogP contribution in [0.5, 0.6) is 0 Å². The fourth-order valence-corrected chi connectivity index (χ4v) is 3.74. The van der Waals surface area contributed by atoms with Crippen molar-refractivity contribution in [3.63, 3.8) is 0 Å². The van der Waals surface area contributed by atoms with Crippen molar-refractivity contribution in [2.45, 2.75) is 38.0 Å². The van der Waals surface area contributed by atoms with Crippen LogP contribution >= 0.6 is 0 Å². The van der Waals surface area contributed by atoms with Crippen molar-refractivity contribution in [3.05, 3.63) is 71.3 Å². The molecule has 0 radical (unpaired) electrons. The summed E-state index contributed by atoms with van der Waals surface area (Å²) < 4.78 is 26.9. The molecular formula is C19H25NO3S.